The molecule has 2 aromatic carbocycles. The van der Waals surface area contributed by atoms with E-state index in [2.05, 4.69) is 10.1 Å². The number of hydrogen-bond donors (Lipinski definition) is 1. The molecule has 0 aliphatic carbocycles. The van der Waals surface area contributed by atoms with Crippen molar-refractivity contribution in [1.29, 1.82) is 0 Å². The van der Waals surface area contributed by atoms with E-state index in [-0.39, 0.29) is 18.9 Å². The van der Waals surface area contributed by atoms with Gasteiger partial charge in [-0.3, -0.25) is 9.59 Å². The van der Waals surface area contributed by atoms with Gasteiger partial charge < -0.3 is 19.2 Å². The third-order valence-corrected chi connectivity index (χ3v) is 3.65. The lowest BCUT2D eigenvalue weighted by molar-refractivity contribution is -0.139. The summed E-state index contributed by atoms with van der Waals surface area (Å²) in [7, 11) is 1.26. The van der Waals surface area contributed by atoms with E-state index in [0.717, 1.165) is 5.39 Å². The first-order valence-electron chi connectivity index (χ1n) is 7.72. The molecule has 0 aliphatic rings. The maximum Gasteiger partial charge on any atom is 0.325 e. The summed E-state index contributed by atoms with van der Waals surface area (Å²) in [6.07, 6.45) is 0. The zero-order valence-electron chi connectivity index (χ0n) is 13.7. The first-order valence-corrected chi connectivity index (χ1v) is 7.72. The van der Waals surface area contributed by atoms with Gasteiger partial charge in [-0.1, -0.05) is 36.4 Å². The average Bonchev–Trinajstić information content (AvgIpc) is 3.03. The highest BCUT2D eigenvalue weighted by atomic mass is 16.5. The molecule has 3 rings (SSSR count). The molecular formula is C19H17NO5. The number of furan rings is 1. The minimum Gasteiger partial charge on any atom is -0.489 e. The smallest absolute Gasteiger partial charge is 0.325 e. The van der Waals surface area contributed by atoms with Crippen LogP contribution in [0.3, 0.4) is 0 Å². The highest BCUT2D eigenvalue weighted by molar-refractivity contribution is 6.00. The number of amides is 1. The zero-order chi connectivity index (χ0) is 17.6. The molecule has 0 spiro atoms. The SMILES string of the molecule is COC(=O)CNC(=O)c1oc2ccccc2c1COc1ccccc1. The maximum absolute atomic E-state index is 12.4. The molecule has 1 N–H and O–H groups in total. The predicted octanol–water partition coefficient (Wildman–Crippen LogP) is 2.91. The lowest BCUT2D eigenvalue weighted by Crippen LogP contribution is -2.30. The van der Waals surface area contributed by atoms with Crippen LogP contribution in [0.2, 0.25) is 0 Å². The van der Waals surface area contributed by atoms with Crippen LogP contribution < -0.4 is 10.1 Å². The number of nitrogens with one attached hydrogen (secondary N) is 1. The van der Waals surface area contributed by atoms with Gasteiger partial charge in [0.25, 0.3) is 5.91 Å². The largest absolute Gasteiger partial charge is 0.489 e. The minimum atomic E-state index is -0.536. The normalized spacial score (nSPS) is 10.4. The van der Waals surface area contributed by atoms with Crippen molar-refractivity contribution < 1.29 is 23.5 Å². The Morgan fingerprint density at radius 1 is 1.04 bits per heavy atom. The van der Waals surface area contributed by atoms with Gasteiger partial charge >= 0.3 is 5.97 Å². The van der Waals surface area contributed by atoms with Gasteiger partial charge in [0.05, 0.1) is 7.11 Å². The topological polar surface area (TPSA) is 77.8 Å². The Hall–Kier alpha value is -3.28. The number of fused-ring (bicyclic) bond motifs is 1. The van der Waals surface area contributed by atoms with Crippen molar-refractivity contribution in [2.75, 3.05) is 13.7 Å². The summed E-state index contributed by atoms with van der Waals surface area (Å²) in [6.45, 7) is -0.0621. The molecule has 1 heterocycles. The van der Waals surface area contributed by atoms with Crippen LogP contribution in [0.1, 0.15) is 16.1 Å². The third kappa shape index (κ3) is 3.80. The van der Waals surface area contributed by atoms with Gasteiger partial charge in [-0.2, -0.15) is 0 Å². The molecule has 0 radical (unpaired) electrons. The van der Waals surface area contributed by atoms with Crippen molar-refractivity contribution in [2.24, 2.45) is 0 Å². The molecule has 0 unspecified atom stereocenters. The molecule has 0 fully saturated rings. The van der Waals surface area contributed by atoms with E-state index in [1.165, 1.54) is 7.11 Å². The monoisotopic (exact) mass is 339 g/mol. The van der Waals surface area contributed by atoms with Crippen molar-refractivity contribution >= 4 is 22.8 Å². The minimum absolute atomic E-state index is 0.126. The standard InChI is InChI=1S/C19H17NO5/c1-23-17(21)11-20-19(22)18-15(12-24-13-7-3-2-4-8-13)14-9-5-6-10-16(14)25-18/h2-10H,11-12H2,1H3,(H,20,22). The first-order chi connectivity index (χ1) is 12.2. The Morgan fingerprint density at radius 2 is 1.76 bits per heavy atom. The Kier molecular flexibility index (Phi) is 4.99. The first kappa shape index (κ1) is 16.6. The summed E-state index contributed by atoms with van der Waals surface area (Å²) in [5, 5.41) is 3.28. The quantitative estimate of drug-likeness (QED) is 0.699. The summed E-state index contributed by atoms with van der Waals surface area (Å²) >= 11 is 0. The van der Waals surface area contributed by atoms with Crippen LogP contribution in [-0.4, -0.2) is 25.5 Å². The fourth-order valence-electron chi connectivity index (χ4n) is 2.40. The molecule has 0 aliphatic heterocycles. The molecule has 1 aromatic heterocycles. The predicted molar refractivity (Wildman–Crippen MR) is 91.3 cm³/mol. The number of ether oxygens (including phenoxy) is 2. The summed E-state index contributed by atoms with van der Waals surface area (Å²) in [4.78, 5) is 23.6. The third-order valence-electron chi connectivity index (χ3n) is 3.65. The van der Waals surface area contributed by atoms with Gasteiger partial charge in [-0.05, 0) is 18.2 Å². The number of rotatable bonds is 6. The van der Waals surface area contributed by atoms with Crippen molar-refractivity contribution in [3.05, 3.63) is 65.9 Å². The van der Waals surface area contributed by atoms with Gasteiger partial charge in [0.1, 0.15) is 24.5 Å². The highest BCUT2D eigenvalue weighted by Gasteiger charge is 2.21. The molecule has 6 nitrogen and oxygen atoms in total. The van der Waals surface area contributed by atoms with Crippen LogP contribution in [0.15, 0.2) is 59.0 Å². The summed E-state index contributed by atoms with van der Waals surface area (Å²) < 4.78 is 16.0. The van der Waals surface area contributed by atoms with Crippen molar-refractivity contribution in [1.82, 2.24) is 5.32 Å². The number of benzene rings is 2. The lowest BCUT2D eigenvalue weighted by Gasteiger charge is -2.07. The van der Waals surface area contributed by atoms with Gasteiger partial charge in [-0.15, -0.1) is 0 Å². The van der Waals surface area contributed by atoms with Crippen molar-refractivity contribution in [3.63, 3.8) is 0 Å². The molecule has 0 saturated carbocycles. The van der Waals surface area contributed by atoms with E-state index in [9.17, 15) is 9.59 Å². The van der Waals surface area contributed by atoms with E-state index in [0.29, 0.717) is 16.9 Å². The number of para-hydroxylation sites is 2. The van der Waals surface area contributed by atoms with Crippen LogP contribution in [0, 0.1) is 0 Å². The molecule has 128 valence electrons. The van der Waals surface area contributed by atoms with Gasteiger partial charge in [0.2, 0.25) is 0 Å². The fraction of sp³-hybridized carbons (Fsp3) is 0.158. The summed E-state index contributed by atoms with van der Waals surface area (Å²) in [5.74, 6) is -0.213. The second-order valence-electron chi connectivity index (χ2n) is 5.27. The second-order valence-corrected chi connectivity index (χ2v) is 5.27. The van der Waals surface area contributed by atoms with Crippen LogP contribution in [0.4, 0.5) is 0 Å². The highest BCUT2D eigenvalue weighted by Crippen LogP contribution is 2.27. The lowest BCUT2D eigenvalue weighted by atomic mass is 10.1. The Labute approximate surface area is 144 Å². The molecular weight excluding hydrogens is 322 g/mol. The maximum atomic E-state index is 12.4. The van der Waals surface area contributed by atoms with Crippen LogP contribution in [0.25, 0.3) is 11.0 Å². The molecule has 25 heavy (non-hydrogen) atoms. The van der Waals surface area contributed by atoms with Crippen molar-refractivity contribution in [2.45, 2.75) is 6.61 Å². The molecule has 0 bridgehead atoms. The van der Waals surface area contributed by atoms with Gasteiger partial charge in [0.15, 0.2) is 5.76 Å². The van der Waals surface area contributed by atoms with Crippen LogP contribution >= 0.6 is 0 Å². The van der Waals surface area contributed by atoms with E-state index in [1.807, 2.05) is 48.5 Å². The number of methoxy groups -OCH3 is 1. The van der Waals surface area contributed by atoms with Gasteiger partial charge in [0, 0.05) is 10.9 Å². The number of hydrogen-bond acceptors (Lipinski definition) is 5. The van der Waals surface area contributed by atoms with E-state index < -0.39 is 11.9 Å². The number of carbonyl (C=O) groups is 2. The molecule has 1 amide bonds. The van der Waals surface area contributed by atoms with E-state index in [4.69, 9.17) is 9.15 Å². The molecule has 0 atom stereocenters. The number of esters is 1. The zero-order valence-corrected chi connectivity index (χ0v) is 13.7. The van der Waals surface area contributed by atoms with Gasteiger partial charge in [-0.25, -0.2) is 0 Å². The van der Waals surface area contributed by atoms with Crippen molar-refractivity contribution in [3.8, 4) is 5.75 Å². The second kappa shape index (κ2) is 7.53. The molecule has 0 saturated heterocycles. The Balaban J connectivity index is 1.86. The average molecular weight is 339 g/mol. The summed E-state index contributed by atoms with van der Waals surface area (Å²) in [5.41, 5.74) is 1.21. The fourth-order valence-corrected chi connectivity index (χ4v) is 2.40. The van der Waals surface area contributed by atoms with E-state index in [1.54, 1.807) is 6.07 Å². The van der Waals surface area contributed by atoms with Crippen LogP contribution in [0.5, 0.6) is 5.75 Å². The number of carbonyl (C=O) groups excluding carboxylic acids is 2. The molecule has 3 aromatic rings. The van der Waals surface area contributed by atoms with Crippen LogP contribution in [-0.2, 0) is 16.1 Å². The Morgan fingerprint density at radius 3 is 2.52 bits per heavy atom. The Bertz CT molecular complexity index is 885. The molecule has 6 heteroatoms. The summed E-state index contributed by atoms with van der Waals surface area (Å²) in [6, 6.07) is 16.6. The van der Waals surface area contributed by atoms with E-state index >= 15 is 0 Å².